The highest BCUT2D eigenvalue weighted by Gasteiger charge is 2.06. The average molecular weight is 171 g/mol. The van der Waals surface area contributed by atoms with E-state index in [0.717, 1.165) is 28.4 Å². The number of aliphatic hydroxyl groups is 1. The Labute approximate surface area is 70.9 Å². The number of hydrogen-bond donors (Lipinski definition) is 1. The van der Waals surface area contributed by atoms with Crippen LogP contribution in [0.2, 0.25) is 0 Å². The van der Waals surface area contributed by atoms with Crippen molar-refractivity contribution in [3.63, 3.8) is 0 Å². The Kier molecular flexibility index (Phi) is 3.02. The van der Waals surface area contributed by atoms with E-state index in [1.54, 1.807) is 11.3 Å². The number of thiazole rings is 1. The minimum absolute atomic E-state index is 0.140. The van der Waals surface area contributed by atoms with Gasteiger partial charge >= 0.3 is 0 Å². The van der Waals surface area contributed by atoms with E-state index in [0.29, 0.717) is 0 Å². The van der Waals surface area contributed by atoms with Gasteiger partial charge in [0.25, 0.3) is 0 Å². The van der Waals surface area contributed by atoms with Crippen molar-refractivity contribution in [2.75, 3.05) is 0 Å². The molecule has 1 aromatic heterocycles. The highest BCUT2D eigenvalue weighted by molar-refractivity contribution is 7.11. The van der Waals surface area contributed by atoms with Crippen molar-refractivity contribution in [2.45, 2.75) is 33.3 Å². The van der Waals surface area contributed by atoms with Crippen LogP contribution in [0.4, 0.5) is 0 Å². The average Bonchev–Trinajstić information content (AvgIpc) is 2.46. The van der Waals surface area contributed by atoms with Crippen LogP contribution < -0.4 is 0 Å². The number of aromatic nitrogens is 1. The third-order valence-electron chi connectivity index (χ3n) is 1.60. The fourth-order valence-electron chi connectivity index (χ4n) is 0.988. The molecule has 3 heteroatoms. The van der Waals surface area contributed by atoms with Crippen LogP contribution in [0.1, 0.15) is 29.4 Å². The zero-order valence-electron chi connectivity index (χ0n) is 6.92. The predicted molar refractivity (Wildman–Crippen MR) is 46.8 cm³/mol. The molecular weight excluding hydrogens is 158 g/mol. The predicted octanol–water partition coefficient (Wildman–Crippen LogP) is 1.76. The lowest BCUT2D eigenvalue weighted by atomic mass is 10.3. The van der Waals surface area contributed by atoms with Crippen LogP contribution in [0, 0.1) is 0 Å². The fraction of sp³-hybridized carbons (Fsp3) is 0.625. The summed E-state index contributed by atoms with van der Waals surface area (Å²) in [5.74, 6) is 0. The lowest BCUT2D eigenvalue weighted by Crippen LogP contribution is -1.87. The summed E-state index contributed by atoms with van der Waals surface area (Å²) in [6.07, 6.45) is 1.89. The van der Waals surface area contributed by atoms with E-state index in [9.17, 15) is 0 Å². The maximum absolute atomic E-state index is 8.93. The van der Waals surface area contributed by atoms with Gasteiger partial charge in [0.1, 0.15) is 0 Å². The van der Waals surface area contributed by atoms with E-state index in [2.05, 4.69) is 18.8 Å². The molecule has 0 spiro atoms. The highest BCUT2D eigenvalue weighted by atomic mass is 32.1. The van der Waals surface area contributed by atoms with Crippen LogP contribution in [-0.2, 0) is 19.4 Å². The molecule has 0 aliphatic carbocycles. The van der Waals surface area contributed by atoms with Crippen molar-refractivity contribution in [2.24, 2.45) is 0 Å². The van der Waals surface area contributed by atoms with Gasteiger partial charge < -0.3 is 5.11 Å². The first-order valence-electron chi connectivity index (χ1n) is 3.90. The van der Waals surface area contributed by atoms with E-state index in [1.807, 2.05) is 0 Å². The second kappa shape index (κ2) is 3.83. The second-order valence-electron chi connectivity index (χ2n) is 2.34. The summed E-state index contributed by atoms with van der Waals surface area (Å²) in [6.45, 7) is 4.29. The molecule has 0 fully saturated rings. The zero-order valence-corrected chi connectivity index (χ0v) is 7.74. The lowest BCUT2D eigenvalue weighted by molar-refractivity contribution is 0.284. The van der Waals surface area contributed by atoms with Gasteiger partial charge in [-0.2, -0.15) is 0 Å². The topological polar surface area (TPSA) is 33.1 Å². The Morgan fingerprint density at radius 2 is 2.09 bits per heavy atom. The van der Waals surface area contributed by atoms with Crippen LogP contribution >= 0.6 is 11.3 Å². The van der Waals surface area contributed by atoms with Gasteiger partial charge in [-0.05, 0) is 12.8 Å². The zero-order chi connectivity index (χ0) is 8.27. The minimum atomic E-state index is 0.140. The summed E-state index contributed by atoms with van der Waals surface area (Å²) < 4.78 is 0. The fourth-order valence-corrected chi connectivity index (χ4v) is 1.94. The van der Waals surface area contributed by atoms with Crippen LogP contribution in [-0.4, -0.2) is 10.1 Å². The molecule has 0 aliphatic rings. The van der Waals surface area contributed by atoms with E-state index in [4.69, 9.17) is 5.11 Å². The van der Waals surface area contributed by atoms with Crippen molar-refractivity contribution in [1.29, 1.82) is 0 Å². The Hall–Kier alpha value is -0.410. The first kappa shape index (κ1) is 8.68. The molecule has 0 aromatic carbocycles. The van der Waals surface area contributed by atoms with Gasteiger partial charge in [0.05, 0.1) is 22.2 Å². The normalized spacial score (nSPS) is 10.5. The molecule has 1 N–H and O–H groups in total. The molecule has 0 bridgehead atoms. The molecular formula is C8H13NOS. The van der Waals surface area contributed by atoms with Gasteiger partial charge in [-0.15, -0.1) is 11.3 Å². The first-order valence-corrected chi connectivity index (χ1v) is 4.71. The Morgan fingerprint density at radius 3 is 2.45 bits per heavy atom. The summed E-state index contributed by atoms with van der Waals surface area (Å²) in [4.78, 5) is 5.41. The molecule has 11 heavy (non-hydrogen) atoms. The smallest absolute Gasteiger partial charge is 0.0929 e. The van der Waals surface area contributed by atoms with Crippen molar-refractivity contribution in [1.82, 2.24) is 4.98 Å². The number of nitrogens with zero attached hydrogens (tertiary/aromatic N) is 1. The molecule has 2 nitrogen and oxygen atoms in total. The molecule has 1 aromatic rings. The van der Waals surface area contributed by atoms with Gasteiger partial charge in [-0.25, -0.2) is 4.98 Å². The molecule has 0 aliphatic heterocycles. The number of aliphatic hydroxyl groups excluding tert-OH is 1. The number of rotatable bonds is 3. The molecule has 0 atom stereocenters. The first-order chi connectivity index (χ1) is 5.31. The van der Waals surface area contributed by atoms with Gasteiger partial charge in [0.15, 0.2) is 0 Å². The van der Waals surface area contributed by atoms with E-state index in [-0.39, 0.29) is 6.61 Å². The van der Waals surface area contributed by atoms with Crippen LogP contribution in [0.15, 0.2) is 0 Å². The van der Waals surface area contributed by atoms with Crippen molar-refractivity contribution >= 4 is 11.3 Å². The van der Waals surface area contributed by atoms with Gasteiger partial charge in [-0.3, -0.25) is 0 Å². The molecule has 1 rings (SSSR count). The van der Waals surface area contributed by atoms with Gasteiger partial charge in [0.2, 0.25) is 0 Å². The quantitative estimate of drug-likeness (QED) is 0.751. The Balaban J connectivity index is 2.92. The summed E-state index contributed by atoms with van der Waals surface area (Å²) >= 11 is 1.62. The molecule has 0 saturated heterocycles. The van der Waals surface area contributed by atoms with E-state index >= 15 is 0 Å². The summed E-state index contributed by atoms with van der Waals surface area (Å²) in [6, 6.07) is 0. The molecule has 1 heterocycles. The van der Waals surface area contributed by atoms with Gasteiger partial charge in [0, 0.05) is 0 Å². The van der Waals surface area contributed by atoms with Crippen molar-refractivity contribution in [3.8, 4) is 0 Å². The Bertz CT molecular complexity index is 210. The van der Waals surface area contributed by atoms with E-state index in [1.165, 1.54) is 0 Å². The maximum atomic E-state index is 8.93. The molecule has 62 valence electrons. The third kappa shape index (κ3) is 1.79. The SMILES string of the molecule is CCc1nc(CC)c(CO)s1. The third-order valence-corrected chi connectivity index (χ3v) is 2.83. The largest absolute Gasteiger partial charge is 0.391 e. The molecule has 0 unspecified atom stereocenters. The summed E-state index contributed by atoms with van der Waals surface area (Å²) in [5, 5.41) is 10.1. The second-order valence-corrected chi connectivity index (χ2v) is 3.51. The number of hydrogen-bond acceptors (Lipinski definition) is 3. The highest BCUT2D eigenvalue weighted by Crippen LogP contribution is 2.19. The van der Waals surface area contributed by atoms with Crippen LogP contribution in [0.5, 0.6) is 0 Å². The minimum Gasteiger partial charge on any atom is -0.391 e. The van der Waals surface area contributed by atoms with Crippen molar-refractivity contribution < 1.29 is 5.11 Å². The lowest BCUT2D eigenvalue weighted by Gasteiger charge is -1.90. The van der Waals surface area contributed by atoms with Crippen molar-refractivity contribution in [3.05, 3.63) is 15.6 Å². The van der Waals surface area contributed by atoms with Crippen LogP contribution in [0.3, 0.4) is 0 Å². The molecule has 0 radical (unpaired) electrons. The monoisotopic (exact) mass is 171 g/mol. The molecule has 0 saturated carbocycles. The maximum Gasteiger partial charge on any atom is 0.0929 e. The van der Waals surface area contributed by atoms with Gasteiger partial charge in [-0.1, -0.05) is 13.8 Å². The standard InChI is InChI=1S/C8H13NOS/c1-3-6-7(5-10)11-8(4-2)9-6/h10H,3-5H2,1-2H3. The number of aryl methyl sites for hydroxylation is 2. The Morgan fingerprint density at radius 1 is 1.36 bits per heavy atom. The van der Waals surface area contributed by atoms with E-state index < -0.39 is 0 Å². The summed E-state index contributed by atoms with van der Waals surface area (Å²) in [5.41, 5.74) is 1.06. The molecule has 0 amide bonds. The summed E-state index contributed by atoms with van der Waals surface area (Å²) in [7, 11) is 0. The van der Waals surface area contributed by atoms with Crippen LogP contribution in [0.25, 0.3) is 0 Å².